The number of nitrogens with one attached hydrogen (secondary N) is 1. The summed E-state index contributed by atoms with van der Waals surface area (Å²) in [5.41, 5.74) is 3.34. The fraction of sp³-hybridized carbons (Fsp3) is 0.370. The average molecular weight is 476 g/mol. The summed E-state index contributed by atoms with van der Waals surface area (Å²) >= 11 is 0. The first-order valence-corrected chi connectivity index (χ1v) is 12.1. The number of hydrogen-bond donors (Lipinski definition) is 1. The molecule has 1 saturated heterocycles. The van der Waals surface area contributed by atoms with Crippen molar-refractivity contribution in [2.24, 2.45) is 7.05 Å². The van der Waals surface area contributed by atoms with E-state index in [0.29, 0.717) is 37.4 Å². The van der Waals surface area contributed by atoms with Crippen molar-refractivity contribution >= 4 is 17.5 Å². The minimum Gasteiger partial charge on any atom is -0.336 e. The monoisotopic (exact) mass is 475 g/mol. The van der Waals surface area contributed by atoms with Crippen molar-refractivity contribution in [3.8, 4) is 5.69 Å². The molecule has 35 heavy (non-hydrogen) atoms. The summed E-state index contributed by atoms with van der Waals surface area (Å²) in [7, 11) is 1.80. The standard InChI is InChI=1S/C27H33N5O3/c1-5-21-11-13-22(14-12-21)26(34)31-17-15-30(16-18-31)20(3)25(33)28-24-19(2)29(4)32(27(24)35)23-9-7-6-8-10-23/h6-14,20H,5,15-18H2,1-4H3,(H,28,33). The minimum absolute atomic E-state index is 0.0192. The summed E-state index contributed by atoms with van der Waals surface area (Å²) in [5.74, 6) is -0.211. The molecule has 2 amide bonds. The van der Waals surface area contributed by atoms with Gasteiger partial charge in [0.15, 0.2) is 0 Å². The Kier molecular flexibility index (Phi) is 7.21. The quantitative estimate of drug-likeness (QED) is 0.595. The molecule has 4 rings (SSSR count). The van der Waals surface area contributed by atoms with Gasteiger partial charge in [0.25, 0.3) is 11.5 Å². The largest absolute Gasteiger partial charge is 0.336 e. The second-order valence-electron chi connectivity index (χ2n) is 8.98. The fourth-order valence-corrected chi connectivity index (χ4v) is 4.48. The van der Waals surface area contributed by atoms with Crippen molar-refractivity contribution < 1.29 is 9.59 Å². The van der Waals surface area contributed by atoms with Crippen molar-refractivity contribution in [3.05, 3.63) is 81.8 Å². The van der Waals surface area contributed by atoms with Crippen molar-refractivity contribution in [3.63, 3.8) is 0 Å². The topological polar surface area (TPSA) is 79.6 Å². The molecule has 1 N–H and O–H groups in total. The lowest BCUT2D eigenvalue weighted by Gasteiger charge is -2.37. The van der Waals surface area contributed by atoms with E-state index in [1.54, 1.807) is 16.4 Å². The van der Waals surface area contributed by atoms with Gasteiger partial charge in [0.05, 0.1) is 17.4 Å². The summed E-state index contributed by atoms with van der Waals surface area (Å²) < 4.78 is 3.29. The fourth-order valence-electron chi connectivity index (χ4n) is 4.48. The van der Waals surface area contributed by atoms with Gasteiger partial charge in [-0.25, -0.2) is 4.68 Å². The van der Waals surface area contributed by atoms with Crippen molar-refractivity contribution in [1.29, 1.82) is 0 Å². The summed E-state index contributed by atoms with van der Waals surface area (Å²) in [4.78, 5) is 42.9. The normalized spacial score (nSPS) is 15.1. The first-order valence-electron chi connectivity index (χ1n) is 12.1. The van der Waals surface area contributed by atoms with Gasteiger partial charge >= 0.3 is 0 Å². The highest BCUT2D eigenvalue weighted by molar-refractivity contribution is 5.95. The predicted molar refractivity (Wildman–Crippen MR) is 137 cm³/mol. The minimum atomic E-state index is -0.430. The van der Waals surface area contributed by atoms with Gasteiger partial charge in [0, 0.05) is 38.8 Å². The molecule has 0 spiro atoms. The number of aromatic nitrogens is 2. The zero-order valence-corrected chi connectivity index (χ0v) is 20.8. The Morgan fingerprint density at radius 3 is 2.20 bits per heavy atom. The van der Waals surface area contributed by atoms with Gasteiger partial charge in [-0.3, -0.25) is 24.0 Å². The van der Waals surface area contributed by atoms with Crippen LogP contribution in [0.15, 0.2) is 59.4 Å². The van der Waals surface area contributed by atoms with Crippen molar-refractivity contribution in [2.45, 2.75) is 33.2 Å². The van der Waals surface area contributed by atoms with E-state index in [0.717, 1.165) is 12.1 Å². The number of carbonyl (C=O) groups excluding carboxylic acids is 2. The Balaban J connectivity index is 1.40. The van der Waals surface area contributed by atoms with Gasteiger partial charge in [-0.05, 0) is 50.1 Å². The number of carbonyl (C=O) groups is 2. The SMILES string of the molecule is CCc1ccc(C(=O)N2CCN(C(C)C(=O)Nc3c(C)n(C)n(-c4ccccc4)c3=O)CC2)cc1. The molecule has 3 aromatic rings. The van der Waals surface area contributed by atoms with Gasteiger partial charge in [0.1, 0.15) is 5.69 Å². The van der Waals surface area contributed by atoms with Gasteiger partial charge in [-0.1, -0.05) is 37.3 Å². The molecule has 8 heteroatoms. The smallest absolute Gasteiger partial charge is 0.295 e. The highest BCUT2D eigenvalue weighted by Gasteiger charge is 2.29. The molecule has 1 aliphatic rings. The van der Waals surface area contributed by atoms with E-state index < -0.39 is 6.04 Å². The number of nitrogens with zero attached hydrogens (tertiary/aromatic N) is 4. The maximum atomic E-state index is 13.1. The zero-order valence-electron chi connectivity index (χ0n) is 20.8. The van der Waals surface area contributed by atoms with E-state index >= 15 is 0 Å². The van der Waals surface area contributed by atoms with Gasteiger partial charge in [-0.15, -0.1) is 0 Å². The van der Waals surface area contributed by atoms with Crippen LogP contribution in [0.4, 0.5) is 5.69 Å². The van der Waals surface area contributed by atoms with E-state index in [1.807, 2.05) is 78.2 Å². The van der Waals surface area contributed by atoms with Crippen LogP contribution in [-0.4, -0.2) is 63.2 Å². The first-order chi connectivity index (χ1) is 16.8. The molecule has 0 radical (unpaired) electrons. The van der Waals surface area contributed by atoms with Crippen LogP contribution >= 0.6 is 0 Å². The number of anilines is 1. The Bertz CT molecular complexity index is 1250. The third-order valence-electron chi connectivity index (χ3n) is 6.94. The molecule has 1 unspecified atom stereocenters. The molecule has 184 valence electrons. The molecule has 8 nitrogen and oxygen atoms in total. The Hall–Kier alpha value is -3.65. The van der Waals surface area contributed by atoms with Crippen LogP contribution in [-0.2, 0) is 18.3 Å². The van der Waals surface area contributed by atoms with Crippen molar-refractivity contribution in [1.82, 2.24) is 19.2 Å². The molecule has 0 aliphatic carbocycles. The predicted octanol–water partition coefficient (Wildman–Crippen LogP) is 2.83. The molecule has 0 bridgehead atoms. The molecule has 0 saturated carbocycles. The Morgan fingerprint density at radius 2 is 1.60 bits per heavy atom. The van der Waals surface area contributed by atoms with E-state index in [-0.39, 0.29) is 23.1 Å². The number of piperazine rings is 1. The van der Waals surface area contributed by atoms with E-state index in [1.165, 1.54) is 5.56 Å². The highest BCUT2D eigenvalue weighted by atomic mass is 16.2. The molecule has 1 atom stereocenters. The van der Waals surface area contributed by atoms with Gasteiger partial charge < -0.3 is 10.2 Å². The summed E-state index contributed by atoms with van der Waals surface area (Å²) in [6.07, 6.45) is 0.940. The second-order valence-corrected chi connectivity index (χ2v) is 8.98. The van der Waals surface area contributed by atoms with E-state index in [4.69, 9.17) is 0 Å². The molecule has 1 aromatic heterocycles. The van der Waals surface area contributed by atoms with Crippen molar-refractivity contribution in [2.75, 3.05) is 31.5 Å². The first kappa shape index (κ1) is 24.5. The van der Waals surface area contributed by atoms with E-state index in [2.05, 4.69) is 12.2 Å². The molecule has 1 aliphatic heterocycles. The zero-order chi connectivity index (χ0) is 25.1. The Labute approximate surface area is 205 Å². The van der Waals surface area contributed by atoms with E-state index in [9.17, 15) is 14.4 Å². The highest BCUT2D eigenvalue weighted by Crippen LogP contribution is 2.16. The van der Waals surface area contributed by atoms with Crippen LogP contribution in [0.5, 0.6) is 0 Å². The van der Waals surface area contributed by atoms with Crippen LogP contribution in [0.25, 0.3) is 5.69 Å². The maximum Gasteiger partial charge on any atom is 0.295 e. The summed E-state index contributed by atoms with van der Waals surface area (Å²) in [6.45, 7) is 8.04. The molecule has 2 heterocycles. The molecular weight excluding hydrogens is 442 g/mol. The number of benzene rings is 2. The van der Waals surface area contributed by atoms with Gasteiger partial charge in [-0.2, -0.15) is 0 Å². The average Bonchev–Trinajstić information content (AvgIpc) is 3.11. The van der Waals surface area contributed by atoms with Crippen LogP contribution in [0.1, 0.15) is 35.5 Å². The Morgan fingerprint density at radius 1 is 0.971 bits per heavy atom. The summed E-state index contributed by atoms with van der Waals surface area (Å²) in [6, 6.07) is 16.7. The number of hydrogen-bond acceptors (Lipinski definition) is 4. The van der Waals surface area contributed by atoms with Crippen LogP contribution in [0.3, 0.4) is 0 Å². The molecule has 1 fully saturated rings. The summed E-state index contributed by atoms with van der Waals surface area (Å²) in [5, 5.41) is 2.86. The third-order valence-corrected chi connectivity index (χ3v) is 6.94. The lowest BCUT2D eigenvalue weighted by Crippen LogP contribution is -2.54. The maximum absolute atomic E-state index is 13.1. The van der Waals surface area contributed by atoms with Crippen LogP contribution in [0, 0.1) is 6.92 Å². The lowest BCUT2D eigenvalue weighted by atomic mass is 10.1. The second kappa shape index (κ2) is 10.3. The van der Waals surface area contributed by atoms with Crippen LogP contribution in [0.2, 0.25) is 0 Å². The lowest BCUT2D eigenvalue weighted by molar-refractivity contribution is -0.121. The number of para-hydroxylation sites is 1. The number of amides is 2. The molecule has 2 aromatic carbocycles. The third kappa shape index (κ3) is 4.93. The number of aryl methyl sites for hydroxylation is 1. The number of rotatable bonds is 6. The van der Waals surface area contributed by atoms with Crippen LogP contribution < -0.4 is 10.9 Å². The molecular formula is C27H33N5O3. The van der Waals surface area contributed by atoms with Gasteiger partial charge in [0.2, 0.25) is 5.91 Å².